The summed E-state index contributed by atoms with van der Waals surface area (Å²) in [6.07, 6.45) is 0.342. The monoisotopic (exact) mass is 376 g/mol. The fraction of sp³-hybridized carbons (Fsp3) is 0.389. The number of benzene rings is 1. The predicted molar refractivity (Wildman–Crippen MR) is 101 cm³/mol. The number of hydrogen-bond donors (Lipinski definition) is 1. The molecule has 8 heteroatoms. The van der Waals surface area contributed by atoms with Crippen molar-refractivity contribution in [3.05, 3.63) is 61.5 Å². The van der Waals surface area contributed by atoms with Crippen LogP contribution in [-0.4, -0.2) is 30.4 Å². The smallest absolute Gasteiger partial charge is 0.332 e. The van der Waals surface area contributed by atoms with Gasteiger partial charge in [0.1, 0.15) is 5.82 Å². The van der Waals surface area contributed by atoms with Crippen molar-refractivity contribution in [1.82, 2.24) is 18.7 Å². The van der Waals surface area contributed by atoms with E-state index in [1.165, 1.54) is 9.13 Å². The molecule has 0 spiro atoms. The summed E-state index contributed by atoms with van der Waals surface area (Å²) in [6, 6.07) is 7.39. The Kier molecular flexibility index (Phi) is 5.29. The maximum atomic E-state index is 13.0. The first-order valence-electron chi connectivity index (χ1n) is 8.53. The fourth-order valence-corrected chi connectivity index (χ4v) is 3.20. The molecule has 138 valence electrons. The third-order valence-electron chi connectivity index (χ3n) is 4.42. The van der Waals surface area contributed by atoms with Crippen molar-refractivity contribution < 1.29 is 5.11 Å². The largest absolute Gasteiger partial charge is 0.396 e. The third-order valence-corrected chi connectivity index (χ3v) is 4.67. The number of fused-ring (bicyclic) bond motifs is 1. The van der Waals surface area contributed by atoms with Crippen molar-refractivity contribution >= 4 is 22.8 Å². The summed E-state index contributed by atoms with van der Waals surface area (Å²) in [6.45, 7) is 4.62. The summed E-state index contributed by atoms with van der Waals surface area (Å²) < 4.78 is 4.50. The molecule has 2 heterocycles. The van der Waals surface area contributed by atoms with Crippen LogP contribution in [0.15, 0.2) is 33.9 Å². The highest BCUT2D eigenvalue weighted by atomic mass is 35.5. The molecule has 0 saturated heterocycles. The minimum absolute atomic E-state index is 0.0842. The molecule has 0 unspecified atom stereocenters. The summed E-state index contributed by atoms with van der Waals surface area (Å²) in [5, 5.41) is 9.72. The Hall–Kier alpha value is -2.38. The van der Waals surface area contributed by atoms with E-state index in [0.29, 0.717) is 41.5 Å². The van der Waals surface area contributed by atoms with Gasteiger partial charge in [-0.25, -0.2) is 9.78 Å². The lowest BCUT2D eigenvalue weighted by Crippen LogP contribution is -2.40. The Bertz CT molecular complexity index is 1050. The van der Waals surface area contributed by atoms with E-state index in [1.54, 1.807) is 12.1 Å². The van der Waals surface area contributed by atoms with E-state index in [2.05, 4.69) is 4.98 Å². The van der Waals surface area contributed by atoms with Gasteiger partial charge >= 0.3 is 5.69 Å². The molecule has 0 bridgehead atoms. The zero-order valence-electron chi connectivity index (χ0n) is 14.8. The lowest BCUT2D eigenvalue weighted by atomic mass is 10.2. The van der Waals surface area contributed by atoms with Gasteiger partial charge in [-0.2, -0.15) is 0 Å². The number of rotatable bonds is 6. The molecule has 3 rings (SSSR count). The zero-order chi connectivity index (χ0) is 18.8. The highest BCUT2D eigenvalue weighted by molar-refractivity contribution is 6.30. The Morgan fingerprint density at radius 1 is 1.12 bits per heavy atom. The van der Waals surface area contributed by atoms with Crippen molar-refractivity contribution in [3.8, 4) is 0 Å². The first-order valence-corrected chi connectivity index (χ1v) is 8.91. The lowest BCUT2D eigenvalue weighted by molar-refractivity contribution is 0.277. The highest BCUT2D eigenvalue weighted by Gasteiger charge is 2.19. The average molecular weight is 377 g/mol. The van der Waals surface area contributed by atoms with Gasteiger partial charge < -0.3 is 9.67 Å². The van der Waals surface area contributed by atoms with Gasteiger partial charge in [0, 0.05) is 31.3 Å². The summed E-state index contributed by atoms with van der Waals surface area (Å²) >= 11 is 5.94. The predicted octanol–water partition coefficient (Wildman–Crippen LogP) is 1.77. The fourth-order valence-electron chi connectivity index (χ4n) is 3.08. The zero-order valence-corrected chi connectivity index (χ0v) is 15.5. The number of hydrogen-bond acceptors (Lipinski definition) is 4. The Morgan fingerprint density at radius 2 is 1.81 bits per heavy atom. The average Bonchev–Trinajstić information content (AvgIpc) is 2.93. The summed E-state index contributed by atoms with van der Waals surface area (Å²) in [5.74, 6) is 0.661. The van der Waals surface area contributed by atoms with Crippen LogP contribution in [0.2, 0.25) is 5.02 Å². The summed E-state index contributed by atoms with van der Waals surface area (Å²) in [7, 11) is 0. The van der Waals surface area contributed by atoms with Gasteiger partial charge in [0.15, 0.2) is 11.2 Å². The molecule has 7 nitrogen and oxygen atoms in total. The second-order valence-electron chi connectivity index (χ2n) is 6.10. The molecule has 1 aromatic carbocycles. The molecule has 0 fully saturated rings. The number of aliphatic hydroxyl groups excluding tert-OH is 1. The molecule has 26 heavy (non-hydrogen) atoms. The molecule has 1 N–H and O–H groups in total. The van der Waals surface area contributed by atoms with E-state index in [1.807, 2.05) is 30.5 Å². The van der Waals surface area contributed by atoms with Crippen LogP contribution in [0.3, 0.4) is 0 Å². The number of aliphatic hydroxyl groups is 1. The van der Waals surface area contributed by atoms with Crippen LogP contribution in [-0.2, 0) is 19.6 Å². The molecular formula is C18H21ClN4O3. The number of imidazole rings is 1. The third kappa shape index (κ3) is 3.20. The minimum atomic E-state index is -0.394. The van der Waals surface area contributed by atoms with E-state index >= 15 is 0 Å². The van der Waals surface area contributed by atoms with Crippen LogP contribution in [0.4, 0.5) is 0 Å². The summed E-state index contributed by atoms with van der Waals surface area (Å²) in [4.78, 5) is 30.1. The molecule has 0 atom stereocenters. The number of nitrogens with zero attached hydrogens (tertiary/aromatic N) is 4. The van der Waals surface area contributed by atoms with Crippen LogP contribution in [0.5, 0.6) is 0 Å². The molecular weight excluding hydrogens is 356 g/mol. The van der Waals surface area contributed by atoms with Crippen molar-refractivity contribution in [2.45, 2.75) is 39.9 Å². The van der Waals surface area contributed by atoms with Crippen molar-refractivity contribution in [2.75, 3.05) is 6.61 Å². The van der Waals surface area contributed by atoms with Gasteiger partial charge in [-0.15, -0.1) is 0 Å². The van der Waals surface area contributed by atoms with Crippen molar-refractivity contribution in [2.24, 2.45) is 0 Å². The van der Waals surface area contributed by atoms with Crippen LogP contribution in [0, 0.1) is 6.92 Å². The van der Waals surface area contributed by atoms with E-state index in [4.69, 9.17) is 16.7 Å². The van der Waals surface area contributed by atoms with Gasteiger partial charge in [-0.1, -0.05) is 23.7 Å². The Labute approximate surface area is 155 Å². The Morgan fingerprint density at radius 3 is 2.42 bits per heavy atom. The normalized spacial score (nSPS) is 11.4. The van der Waals surface area contributed by atoms with Crippen LogP contribution < -0.4 is 11.2 Å². The maximum absolute atomic E-state index is 13.0. The van der Waals surface area contributed by atoms with Gasteiger partial charge in [0.25, 0.3) is 5.56 Å². The number of aromatic nitrogens is 4. The van der Waals surface area contributed by atoms with Crippen LogP contribution in [0.25, 0.3) is 11.2 Å². The van der Waals surface area contributed by atoms with Gasteiger partial charge in [-0.3, -0.25) is 13.9 Å². The number of aryl methyl sites for hydroxylation is 2. The summed E-state index contributed by atoms with van der Waals surface area (Å²) in [5.41, 5.74) is 1.01. The topological polar surface area (TPSA) is 82.0 Å². The lowest BCUT2D eigenvalue weighted by Gasteiger charge is -2.11. The van der Waals surface area contributed by atoms with E-state index in [-0.39, 0.29) is 18.7 Å². The van der Waals surface area contributed by atoms with Crippen molar-refractivity contribution in [1.29, 1.82) is 0 Å². The van der Waals surface area contributed by atoms with Crippen molar-refractivity contribution in [3.63, 3.8) is 0 Å². The molecule has 2 aromatic heterocycles. The van der Waals surface area contributed by atoms with Gasteiger partial charge in [-0.05, 0) is 38.0 Å². The molecule has 0 aliphatic rings. The SMILES string of the molecule is CCn1c(=O)n(CCCO)c(=O)c2c1nc(C)n2Cc1ccc(Cl)cc1. The van der Waals surface area contributed by atoms with E-state index in [0.717, 1.165) is 5.56 Å². The molecule has 0 radical (unpaired) electrons. The van der Waals surface area contributed by atoms with Crippen LogP contribution >= 0.6 is 11.6 Å². The molecule has 0 aliphatic heterocycles. The highest BCUT2D eigenvalue weighted by Crippen LogP contribution is 2.16. The molecule has 0 amide bonds. The quantitative estimate of drug-likeness (QED) is 0.710. The van der Waals surface area contributed by atoms with Gasteiger partial charge in [0.2, 0.25) is 0 Å². The number of halogens is 1. The van der Waals surface area contributed by atoms with E-state index < -0.39 is 5.69 Å². The first-order chi connectivity index (χ1) is 12.5. The Balaban J connectivity index is 2.23. The standard InChI is InChI=1S/C18H21ClN4O3/c1-3-21-16-15(17(25)22(18(21)26)9-4-10-24)23(12(2)20-16)11-13-5-7-14(19)8-6-13/h5-8,24H,3-4,9-11H2,1-2H3. The second kappa shape index (κ2) is 7.47. The molecule has 0 saturated carbocycles. The second-order valence-corrected chi connectivity index (χ2v) is 6.54. The van der Waals surface area contributed by atoms with E-state index in [9.17, 15) is 9.59 Å². The minimum Gasteiger partial charge on any atom is -0.396 e. The maximum Gasteiger partial charge on any atom is 0.332 e. The first kappa shape index (κ1) is 18.4. The van der Waals surface area contributed by atoms with Crippen LogP contribution in [0.1, 0.15) is 24.7 Å². The van der Waals surface area contributed by atoms with Gasteiger partial charge in [0.05, 0.1) is 0 Å². The molecule has 0 aliphatic carbocycles. The molecule has 3 aromatic rings.